The second-order valence-corrected chi connectivity index (χ2v) is 5.19. The molecular formula is C13H21BrF2O. The molecule has 0 fully saturated rings. The van der Waals surface area contributed by atoms with Gasteiger partial charge in [-0.3, -0.25) is 0 Å². The summed E-state index contributed by atoms with van der Waals surface area (Å²) in [4.78, 5) is -3.19. The molecule has 0 amide bonds. The van der Waals surface area contributed by atoms with Crippen LogP contribution in [0.5, 0.6) is 0 Å². The first kappa shape index (κ1) is 16.9. The number of hydrogen-bond donors (Lipinski definition) is 1. The van der Waals surface area contributed by atoms with Crippen molar-refractivity contribution in [3.8, 4) is 11.8 Å². The molecule has 0 heterocycles. The fourth-order valence-electron chi connectivity index (χ4n) is 1.53. The van der Waals surface area contributed by atoms with E-state index in [0.29, 0.717) is 6.42 Å². The zero-order valence-electron chi connectivity index (χ0n) is 10.3. The molecule has 0 saturated heterocycles. The van der Waals surface area contributed by atoms with Crippen LogP contribution in [-0.4, -0.2) is 16.0 Å². The number of halogens is 3. The second-order valence-electron chi connectivity index (χ2n) is 4.19. The molecule has 0 rings (SSSR count). The topological polar surface area (TPSA) is 20.2 Å². The number of unbranched alkanes of at least 4 members (excludes halogenated alkanes) is 6. The summed E-state index contributed by atoms with van der Waals surface area (Å²) in [6.07, 6.45) is 7.54. The molecule has 0 saturated carbocycles. The van der Waals surface area contributed by atoms with Gasteiger partial charge in [0.05, 0.1) is 0 Å². The molecule has 17 heavy (non-hydrogen) atoms. The van der Waals surface area contributed by atoms with Crippen LogP contribution in [0.3, 0.4) is 0 Å². The van der Waals surface area contributed by atoms with E-state index in [-0.39, 0.29) is 0 Å². The highest BCUT2D eigenvalue weighted by Crippen LogP contribution is 2.19. The van der Waals surface area contributed by atoms with Crippen LogP contribution in [0.15, 0.2) is 0 Å². The number of hydrogen-bond acceptors (Lipinski definition) is 1. The molecule has 0 aliphatic heterocycles. The maximum absolute atomic E-state index is 12.3. The first-order valence-corrected chi connectivity index (χ1v) is 7.02. The van der Waals surface area contributed by atoms with Gasteiger partial charge in [-0.15, -0.1) is 0 Å². The van der Waals surface area contributed by atoms with E-state index in [0.717, 1.165) is 19.3 Å². The third-order valence-electron chi connectivity index (χ3n) is 2.46. The molecule has 0 spiro atoms. The SMILES string of the molecule is CCCCCCCCCC(O)C#CC(F)(F)Br. The fraction of sp³-hybridized carbons (Fsp3) is 0.846. The van der Waals surface area contributed by atoms with Crippen molar-refractivity contribution in [3.63, 3.8) is 0 Å². The van der Waals surface area contributed by atoms with Crippen LogP contribution >= 0.6 is 15.9 Å². The summed E-state index contributed by atoms with van der Waals surface area (Å²) in [7, 11) is 0. The standard InChI is InChI=1S/C13H21BrF2O/c1-2-3-4-5-6-7-8-9-12(17)10-11-13(14,15)16/h12,17H,2-9H2,1H3. The van der Waals surface area contributed by atoms with Gasteiger partial charge in [0.1, 0.15) is 6.10 Å². The van der Waals surface area contributed by atoms with Crippen molar-refractivity contribution in [2.24, 2.45) is 0 Å². The number of aliphatic hydroxyl groups excluding tert-OH is 1. The van der Waals surface area contributed by atoms with E-state index in [1.165, 1.54) is 25.7 Å². The van der Waals surface area contributed by atoms with Gasteiger partial charge in [0, 0.05) is 15.9 Å². The van der Waals surface area contributed by atoms with Gasteiger partial charge >= 0.3 is 4.83 Å². The molecule has 1 atom stereocenters. The van der Waals surface area contributed by atoms with Gasteiger partial charge in [0.2, 0.25) is 0 Å². The number of aliphatic hydroxyl groups is 1. The fourth-order valence-corrected chi connectivity index (χ4v) is 1.65. The Labute approximate surface area is 111 Å². The lowest BCUT2D eigenvalue weighted by molar-refractivity contribution is 0.179. The zero-order valence-corrected chi connectivity index (χ0v) is 11.9. The van der Waals surface area contributed by atoms with Gasteiger partial charge in [0.25, 0.3) is 0 Å². The van der Waals surface area contributed by atoms with Crippen molar-refractivity contribution in [3.05, 3.63) is 0 Å². The molecule has 1 unspecified atom stereocenters. The maximum atomic E-state index is 12.3. The Kier molecular flexibility index (Phi) is 9.76. The smallest absolute Gasteiger partial charge is 0.363 e. The third-order valence-corrected chi connectivity index (χ3v) is 2.66. The normalized spacial score (nSPS) is 13.0. The first-order chi connectivity index (χ1) is 7.95. The second kappa shape index (κ2) is 9.85. The van der Waals surface area contributed by atoms with Crippen LogP contribution in [-0.2, 0) is 0 Å². The molecule has 0 aromatic carbocycles. The zero-order chi connectivity index (χ0) is 13.1. The lowest BCUT2D eigenvalue weighted by atomic mass is 10.1. The summed E-state index contributed by atoms with van der Waals surface area (Å²) < 4.78 is 24.6. The van der Waals surface area contributed by atoms with Gasteiger partial charge < -0.3 is 5.11 Å². The van der Waals surface area contributed by atoms with Crippen LogP contribution in [0.25, 0.3) is 0 Å². The Morgan fingerprint density at radius 2 is 1.65 bits per heavy atom. The average molecular weight is 311 g/mol. The third kappa shape index (κ3) is 13.8. The molecule has 1 nitrogen and oxygen atoms in total. The highest BCUT2D eigenvalue weighted by atomic mass is 79.9. The van der Waals surface area contributed by atoms with E-state index >= 15 is 0 Å². The number of alkyl halides is 3. The van der Waals surface area contributed by atoms with Crippen LogP contribution in [0.2, 0.25) is 0 Å². The maximum Gasteiger partial charge on any atom is 0.363 e. The van der Waals surface area contributed by atoms with Gasteiger partial charge in [-0.05, 0) is 18.8 Å². The lowest BCUT2D eigenvalue weighted by Gasteiger charge is -2.04. The summed E-state index contributed by atoms with van der Waals surface area (Å²) in [5, 5.41) is 9.33. The summed E-state index contributed by atoms with van der Waals surface area (Å²) in [6, 6.07) is 0. The largest absolute Gasteiger partial charge is 0.380 e. The van der Waals surface area contributed by atoms with E-state index < -0.39 is 10.9 Å². The van der Waals surface area contributed by atoms with Crippen molar-refractivity contribution in [1.82, 2.24) is 0 Å². The van der Waals surface area contributed by atoms with Gasteiger partial charge in [-0.25, -0.2) is 0 Å². The van der Waals surface area contributed by atoms with Gasteiger partial charge in [0.15, 0.2) is 0 Å². The van der Waals surface area contributed by atoms with Crippen molar-refractivity contribution in [1.29, 1.82) is 0 Å². The Bertz CT molecular complexity index is 240. The predicted molar refractivity (Wildman–Crippen MR) is 70.3 cm³/mol. The Hall–Kier alpha value is -0.140. The highest BCUT2D eigenvalue weighted by molar-refractivity contribution is 9.10. The van der Waals surface area contributed by atoms with E-state index in [1.807, 2.05) is 0 Å². The predicted octanol–water partition coefficient (Wildman–Crippen LogP) is 4.48. The monoisotopic (exact) mass is 310 g/mol. The van der Waals surface area contributed by atoms with E-state index in [9.17, 15) is 13.9 Å². The highest BCUT2D eigenvalue weighted by Gasteiger charge is 2.19. The Morgan fingerprint density at radius 1 is 1.12 bits per heavy atom. The van der Waals surface area contributed by atoms with Gasteiger partial charge in [-0.2, -0.15) is 8.78 Å². The van der Waals surface area contributed by atoms with Crippen molar-refractivity contribution in [2.45, 2.75) is 69.2 Å². The molecule has 0 bridgehead atoms. The van der Waals surface area contributed by atoms with Crippen LogP contribution in [0.1, 0.15) is 58.3 Å². The minimum atomic E-state index is -3.19. The summed E-state index contributed by atoms with van der Waals surface area (Å²) in [5.41, 5.74) is 0. The molecule has 4 heteroatoms. The molecule has 100 valence electrons. The Morgan fingerprint density at radius 3 is 2.18 bits per heavy atom. The van der Waals surface area contributed by atoms with Gasteiger partial charge in [-0.1, -0.05) is 51.4 Å². The molecular weight excluding hydrogens is 290 g/mol. The first-order valence-electron chi connectivity index (χ1n) is 6.23. The van der Waals surface area contributed by atoms with Crippen LogP contribution < -0.4 is 0 Å². The van der Waals surface area contributed by atoms with Crippen molar-refractivity contribution in [2.75, 3.05) is 0 Å². The van der Waals surface area contributed by atoms with Crippen LogP contribution in [0.4, 0.5) is 8.78 Å². The minimum absolute atomic E-state index is 0.476. The van der Waals surface area contributed by atoms with E-state index in [2.05, 4.69) is 28.8 Å². The summed E-state index contributed by atoms with van der Waals surface area (Å²) in [6.45, 7) is 2.18. The van der Waals surface area contributed by atoms with Crippen molar-refractivity contribution < 1.29 is 13.9 Å². The summed E-state index contributed by atoms with van der Waals surface area (Å²) >= 11 is 2.11. The minimum Gasteiger partial charge on any atom is -0.380 e. The molecule has 0 aliphatic rings. The van der Waals surface area contributed by atoms with E-state index in [1.54, 1.807) is 5.92 Å². The average Bonchev–Trinajstić information content (AvgIpc) is 2.24. The number of rotatable bonds is 8. The molecule has 0 aliphatic carbocycles. The summed E-state index contributed by atoms with van der Waals surface area (Å²) in [5.74, 6) is 3.82. The van der Waals surface area contributed by atoms with Crippen LogP contribution in [0, 0.1) is 11.8 Å². The molecule has 1 N–H and O–H groups in total. The molecule has 0 radical (unpaired) electrons. The molecule has 0 aromatic heterocycles. The molecule has 0 aromatic rings. The Balaban J connectivity index is 3.45. The van der Waals surface area contributed by atoms with Crippen molar-refractivity contribution >= 4 is 15.9 Å². The quantitative estimate of drug-likeness (QED) is 0.398. The van der Waals surface area contributed by atoms with E-state index in [4.69, 9.17) is 0 Å². The lowest BCUT2D eigenvalue weighted by Crippen LogP contribution is -2.06.